The van der Waals surface area contributed by atoms with Crippen molar-refractivity contribution in [2.45, 2.75) is 248 Å². The molecule has 88 heavy (non-hydrogen) atoms. The monoisotopic (exact) mass is 1200 g/mol. The average Bonchev–Trinajstić information content (AvgIpc) is 1.01. The third kappa shape index (κ3) is 22.3. The van der Waals surface area contributed by atoms with Crippen LogP contribution in [-0.4, -0.2) is 10.2 Å². The van der Waals surface area contributed by atoms with Gasteiger partial charge in [0.15, 0.2) is 0 Å². The molecular formula is C84H128N2O2. The first-order chi connectivity index (χ1) is 41.3. The standard InChI is InChI=1S/2C28H35N.C7H8O.C6H6O.2C3H8.4C2H6.CH4/c2*1-16-18(3)22(7)27(23(8)19(16)4)29(26-14-12-11-13-15-26)28-24(9)20(5)17(2)21(6)25(28)10;8-6-7-4-2-1-3-5-7;7-6-4-2-1-3-5-6;2*1-3-2;4*1-2;/h2*11-15H,1-10H3;1-5,8H,6H2;1-5,7H;2*3H2,1-2H3;4*1-2H3;1H4. The highest BCUT2D eigenvalue weighted by Crippen LogP contribution is 2.48. The van der Waals surface area contributed by atoms with Crippen molar-refractivity contribution in [3.05, 3.63) is 238 Å². The zero-order chi connectivity index (χ0) is 67.6. The summed E-state index contributed by atoms with van der Waals surface area (Å²) < 4.78 is 0. The van der Waals surface area contributed by atoms with Crippen LogP contribution in [0.1, 0.15) is 220 Å². The highest BCUT2D eigenvalue weighted by molar-refractivity contribution is 5.88. The van der Waals surface area contributed by atoms with Crippen LogP contribution < -0.4 is 9.80 Å². The highest BCUT2D eigenvalue weighted by atomic mass is 16.3. The molecule has 0 unspecified atom stereocenters. The van der Waals surface area contributed by atoms with Gasteiger partial charge in [-0.05, 0) is 292 Å². The van der Waals surface area contributed by atoms with Crippen LogP contribution in [0, 0.1) is 138 Å². The second kappa shape index (κ2) is 44.5. The molecule has 8 aromatic rings. The van der Waals surface area contributed by atoms with Gasteiger partial charge in [-0.2, -0.15) is 0 Å². The van der Waals surface area contributed by atoms with Gasteiger partial charge >= 0.3 is 0 Å². The summed E-state index contributed by atoms with van der Waals surface area (Å²) in [4.78, 5) is 5.02. The molecule has 2 N–H and O–H groups in total. The van der Waals surface area contributed by atoms with Crippen molar-refractivity contribution in [1.82, 2.24) is 0 Å². The molecule has 4 heteroatoms. The molecule has 0 spiro atoms. The number of anilines is 6. The summed E-state index contributed by atoms with van der Waals surface area (Å²) in [5.41, 5.74) is 36.3. The van der Waals surface area contributed by atoms with Crippen LogP contribution in [0.3, 0.4) is 0 Å². The number of hydrogen-bond donors (Lipinski definition) is 2. The van der Waals surface area contributed by atoms with Gasteiger partial charge in [0.2, 0.25) is 0 Å². The number of para-hydroxylation sites is 3. The molecule has 0 saturated heterocycles. The normalized spacial score (nSPS) is 9.51. The van der Waals surface area contributed by atoms with E-state index in [0.29, 0.717) is 5.75 Å². The van der Waals surface area contributed by atoms with Crippen LogP contribution in [0.2, 0.25) is 0 Å². The SMILES string of the molecule is C.CC.CC.CC.CC.CCC.CCC.Cc1c(C)c(C)c(N(c2ccccc2)c2c(C)c(C)c(C)c(C)c2C)c(C)c1C.Cc1c(C)c(C)c(N(c2ccccc2)c2c(C)c(C)c(C)c(C)c2C)c(C)c1C.OCc1ccccc1.Oc1ccccc1. The number of aliphatic hydroxyl groups excluding tert-OH is 1. The smallest absolute Gasteiger partial charge is 0.115 e. The minimum absolute atomic E-state index is 0. The number of aromatic hydroxyl groups is 1. The Labute approximate surface area is 543 Å². The van der Waals surface area contributed by atoms with E-state index in [1.54, 1.807) is 24.3 Å². The molecule has 0 aromatic heterocycles. The lowest BCUT2D eigenvalue weighted by atomic mass is 9.89. The first kappa shape index (κ1) is 85.3. The number of phenolic OH excluding ortho intramolecular Hbond substituents is 1. The molecule has 0 heterocycles. The quantitative estimate of drug-likeness (QED) is 0.167. The van der Waals surface area contributed by atoms with Crippen LogP contribution in [0.15, 0.2) is 121 Å². The molecule has 0 saturated carbocycles. The lowest BCUT2D eigenvalue weighted by Crippen LogP contribution is -2.18. The molecule has 0 radical (unpaired) electrons. The van der Waals surface area contributed by atoms with E-state index in [9.17, 15) is 0 Å². The van der Waals surface area contributed by atoms with Crippen LogP contribution in [-0.2, 0) is 6.61 Å². The van der Waals surface area contributed by atoms with Gasteiger partial charge < -0.3 is 20.0 Å². The predicted octanol–water partition coefficient (Wildman–Crippen LogP) is 26.6. The Balaban J connectivity index is -0.00000113. The van der Waals surface area contributed by atoms with Gasteiger partial charge in [-0.1, -0.05) is 188 Å². The summed E-state index contributed by atoms with van der Waals surface area (Å²) >= 11 is 0. The van der Waals surface area contributed by atoms with Crippen molar-refractivity contribution in [2.24, 2.45) is 0 Å². The van der Waals surface area contributed by atoms with E-state index < -0.39 is 0 Å². The summed E-state index contributed by atoms with van der Waals surface area (Å²) in [5.74, 6) is 0.322. The van der Waals surface area contributed by atoms with Gasteiger partial charge in [0.25, 0.3) is 0 Å². The van der Waals surface area contributed by atoms with E-state index in [4.69, 9.17) is 10.2 Å². The van der Waals surface area contributed by atoms with Crippen LogP contribution >= 0.6 is 0 Å². The second-order valence-corrected chi connectivity index (χ2v) is 21.6. The molecular weight excluding hydrogens is 1070 g/mol. The van der Waals surface area contributed by atoms with Crippen molar-refractivity contribution in [1.29, 1.82) is 0 Å². The molecule has 8 rings (SSSR count). The number of nitrogens with zero attached hydrogens (tertiary/aromatic N) is 2. The van der Waals surface area contributed by atoms with Gasteiger partial charge in [0.05, 0.1) is 29.4 Å². The summed E-state index contributed by atoms with van der Waals surface area (Å²) in [6.45, 7) is 69.9. The van der Waals surface area contributed by atoms with E-state index in [2.05, 4.69) is 237 Å². The van der Waals surface area contributed by atoms with Gasteiger partial charge in [-0.25, -0.2) is 0 Å². The average molecular weight is 1200 g/mol. The van der Waals surface area contributed by atoms with E-state index in [1.165, 1.54) is 158 Å². The molecule has 0 bridgehead atoms. The maximum Gasteiger partial charge on any atom is 0.115 e. The molecule has 8 aromatic carbocycles. The number of benzene rings is 8. The maximum atomic E-state index is 8.63. The zero-order valence-electron chi connectivity index (χ0n) is 61.5. The lowest BCUT2D eigenvalue weighted by molar-refractivity contribution is 0.282. The highest BCUT2D eigenvalue weighted by Gasteiger charge is 2.27. The Kier molecular flexibility index (Phi) is 43.2. The molecule has 0 atom stereocenters. The third-order valence-corrected chi connectivity index (χ3v) is 16.5. The number of hydrogen-bond acceptors (Lipinski definition) is 4. The minimum atomic E-state index is 0. The fourth-order valence-corrected chi connectivity index (χ4v) is 10.2. The zero-order valence-corrected chi connectivity index (χ0v) is 61.5. The second-order valence-electron chi connectivity index (χ2n) is 21.6. The largest absolute Gasteiger partial charge is 0.508 e. The minimum Gasteiger partial charge on any atom is -0.508 e. The molecule has 0 aliphatic rings. The number of rotatable bonds is 7. The van der Waals surface area contributed by atoms with Crippen molar-refractivity contribution in [3.63, 3.8) is 0 Å². The van der Waals surface area contributed by atoms with Crippen molar-refractivity contribution >= 4 is 34.1 Å². The first-order valence-electron chi connectivity index (χ1n) is 32.7. The van der Waals surface area contributed by atoms with E-state index in [-0.39, 0.29) is 14.0 Å². The van der Waals surface area contributed by atoms with Crippen LogP contribution in [0.25, 0.3) is 0 Å². The number of aliphatic hydroxyl groups is 1. The molecule has 486 valence electrons. The van der Waals surface area contributed by atoms with Gasteiger partial charge in [-0.15, -0.1) is 0 Å². The summed E-state index contributed by atoms with van der Waals surface area (Å²) in [6, 6.07) is 39.9. The Morgan fingerprint density at radius 2 is 0.398 bits per heavy atom. The Bertz CT molecular complexity index is 2790. The molecule has 0 fully saturated rings. The van der Waals surface area contributed by atoms with Gasteiger partial charge in [-0.3, -0.25) is 0 Å². The summed E-state index contributed by atoms with van der Waals surface area (Å²) in [6.07, 6.45) is 2.50. The fourth-order valence-electron chi connectivity index (χ4n) is 10.2. The Morgan fingerprint density at radius 1 is 0.250 bits per heavy atom. The summed E-state index contributed by atoms with van der Waals surface area (Å²) in [7, 11) is 0. The Hall–Kier alpha value is -6.88. The van der Waals surface area contributed by atoms with Crippen molar-refractivity contribution < 1.29 is 10.2 Å². The van der Waals surface area contributed by atoms with E-state index in [0.717, 1.165) is 5.56 Å². The molecule has 4 nitrogen and oxygen atoms in total. The predicted molar refractivity (Wildman–Crippen MR) is 402 cm³/mol. The molecule has 0 aliphatic heterocycles. The van der Waals surface area contributed by atoms with E-state index in [1.807, 2.05) is 91.8 Å². The molecule has 0 aliphatic carbocycles. The Morgan fingerprint density at radius 3 is 0.534 bits per heavy atom. The maximum absolute atomic E-state index is 8.63. The van der Waals surface area contributed by atoms with Crippen molar-refractivity contribution in [2.75, 3.05) is 9.80 Å². The van der Waals surface area contributed by atoms with Gasteiger partial charge in [0.1, 0.15) is 5.75 Å². The number of phenols is 1. The topological polar surface area (TPSA) is 46.9 Å². The lowest BCUT2D eigenvalue weighted by Gasteiger charge is -2.34. The third-order valence-electron chi connectivity index (χ3n) is 16.5. The van der Waals surface area contributed by atoms with E-state index >= 15 is 0 Å². The fraction of sp³-hybridized carbons (Fsp3) is 0.429. The molecule has 0 amide bonds. The summed E-state index contributed by atoms with van der Waals surface area (Å²) in [5, 5.41) is 17.2. The van der Waals surface area contributed by atoms with Crippen LogP contribution in [0.4, 0.5) is 34.1 Å². The first-order valence-corrected chi connectivity index (χ1v) is 32.7. The van der Waals surface area contributed by atoms with Crippen molar-refractivity contribution in [3.8, 4) is 5.75 Å². The van der Waals surface area contributed by atoms with Gasteiger partial charge in [0, 0.05) is 11.4 Å². The van der Waals surface area contributed by atoms with Crippen LogP contribution in [0.5, 0.6) is 5.75 Å².